The first-order chi connectivity index (χ1) is 17.5. The average molecular weight is 560 g/mol. The highest BCUT2D eigenvalue weighted by Crippen LogP contribution is 2.32. The normalized spacial score (nSPS) is 13.9. The number of carbonyl (C=O) groups is 2. The lowest BCUT2D eigenvalue weighted by molar-refractivity contribution is -0.139. The van der Waals surface area contributed by atoms with E-state index in [-0.39, 0.29) is 22.2 Å². The molecule has 194 valence electrons. The molecule has 0 unspecified atom stereocenters. The van der Waals surface area contributed by atoms with Gasteiger partial charge in [0.2, 0.25) is 5.91 Å². The van der Waals surface area contributed by atoms with E-state index >= 15 is 0 Å². The summed E-state index contributed by atoms with van der Waals surface area (Å²) in [6.45, 7) is 8.79. The van der Waals surface area contributed by atoms with Gasteiger partial charge in [0.25, 0.3) is 5.91 Å². The van der Waals surface area contributed by atoms with Crippen molar-refractivity contribution in [2.45, 2.75) is 20.8 Å². The lowest BCUT2D eigenvalue weighted by Gasteiger charge is -2.38. The monoisotopic (exact) mass is 558 g/mol. The highest BCUT2D eigenvalue weighted by Gasteiger charge is 2.29. The van der Waals surface area contributed by atoms with E-state index in [0.29, 0.717) is 34.5 Å². The summed E-state index contributed by atoms with van der Waals surface area (Å²) in [5, 5.41) is 6.75. The van der Waals surface area contributed by atoms with E-state index in [4.69, 9.17) is 39.8 Å². The second kappa shape index (κ2) is 11.1. The van der Waals surface area contributed by atoms with Gasteiger partial charge in [0, 0.05) is 53.6 Å². The van der Waals surface area contributed by atoms with Crippen molar-refractivity contribution in [3.63, 3.8) is 0 Å². The Morgan fingerprint density at radius 3 is 2.27 bits per heavy atom. The molecule has 1 fully saturated rings. The number of anilines is 2. The van der Waals surface area contributed by atoms with Gasteiger partial charge in [-0.25, -0.2) is 0 Å². The Kier molecular flexibility index (Phi) is 8.11. The maximum absolute atomic E-state index is 12.6. The van der Waals surface area contributed by atoms with Crippen LogP contribution in [0.25, 0.3) is 11.3 Å². The largest absolute Gasteiger partial charge is 0.451 e. The molecule has 3 aromatic rings. The number of hydrogen-bond donors (Lipinski definition) is 2. The van der Waals surface area contributed by atoms with Gasteiger partial charge in [0.1, 0.15) is 5.76 Å². The number of hydrogen-bond acceptors (Lipinski definition) is 5. The first-order valence-electron chi connectivity index (χ1n) is 11.8. The third kappa shape index (κ3) is 6.63. The minimum absolute atomic E-state index is 0.0922. The van der Waals surface area contributed by atoms with Crippen molar-refractivity contribution in [1.82, 2.24) is 10.2 Å². The van der Waals surface area contributed by atoms with Gasteiger partial charge in [-0.15, -0.1) is 0 Å². The Labute approximate surface area is 231 Å². The van der Waals surface area contributed by atoms with E-state index in [1.165, 1.54) is 0 Å². The molecule has 2 N–H and O–H groups in total. The molecule has 0 radical (unpaired) electrons. The zero-order valence-corrected chi connectivity index (χ0v) is 23.1. The minimum Gasteiger partial charge on any atom is -0.451 e. The Bertz CT molecular complexity index is 1310. The van der Waals surface area contributed by atoms with Crippen LogP contribution in [0.1, 0.15) is 31.3 Å². The first-order valence-corrected chi connectivity index (χ1v) is 13.0. The van der Waals surface area contributed by atoms with Crippen LogP contribution in [0.15, 0.2) is 59.0 Å². The van der Waals surface area contributed by atoms with Crippen LogP contribution < -0.4 is 15.5 Å². The van der Waals surface area contributed by atoms with Crippen LogP contribution in [0.2, 0.25) is 10.0 Å². The summed E-state index contributed by atoms with van der Waals surface area (Å²) in [5.41, 5.74) is 2.02. The molecule has 1 aromatic heterocycles. The molecule has 1 aliphatic heterocycles. The number of halogens is 2. The minimum atomic E-state index is -0.485. The molecule has 10 heteroatoms. The predicted octanol–water partition coefficient (Wildman–Crippen LogP) is 6.07. The van der Waals surface area contributed by atoms with Crippen LogP contribution in [-0.4, -0.2) is 48.0 Å². The second-order valence-corrected chi connectivity index (χ2v) is 11.0. The molecule has 0 aliphatic carbocycles. The number of rotatable bonds is 4. The van der Waals surface area contributed by atoms with Crippen LogP contribution in [0.4, 0.5) is 11.4 Å². The molecule has 0 atom stereocenters. The van der Waals surface area contributed by atoms with Crippen molar-refractivity contribution in [2.24, 2.45) is 5.41 Å². The van der Waals surface area contributed by atoms with Gasteiger partial charge in [-0.3, -0.25) is 14.9 Å². The van der Waals surface area contributed by atoms with Crippen LogP contribution in [0.3, 0.4) is 0 Å². The van der Waals surface area contributed by atoms with E-state index in [1.54, 1.807) is 30.3 Å². The quantitative estimate of drug-likeness (QED) is 0.378. The first kappa shape index (κ1) is 27.0. The van der Waals surface area contributed by atoms with Crippen molar-refractivity contribution >= 4 is 63.7 Å². The third-order valence-corrected chi connectivity index (χ3v) is 6.72. The molecular weight excluding hydrogens is 531 g/mol. The van der Waals surface area contributed by atoms with Gasteiger partial charge >= 0.3 is 0 Å². The highest BCUT2D eigenvalue weighted by molar-refractivity contribution is 7.80. The number of nitrogens with zero attached hydrogens (tertiary/aromatic N) is 2. The summed E-state index contributed by atoms with van der Waals surface area (Å²) in [7, 11) is 0. The summed E-state index contributed by atoms with van der Waals surface area (Å²) in [6, 6.07) is 16.0. The molecule has 7 nitrogen and oxygen atoms in total. The zero-order chi connectivity index (χ0) is 26.7. The van der Waals surface area contributed by atoms with E-state index in [0.717, 1.165) is 24.5 Å². The molecule has 37 heavy (non-hydrogen) atoms. The molecular formula is C27H28Cl2N4O3S. The van der Waals surface area contributed by atoms with Crippen LogP contribution >= 0.6 is 35.4 Å². The number of amides is 2. The van der Waals surface area contributed by atoms with Gasteiger partial charge in [-0.2, -0.15) is 0 Å². The molecule has 2 heterocycles. The van der Waals surface area contributed by atoms with Gasteiger partial charge in [0.15, 0.2) is 10.9 Å². The maximum atomic E-state index is 12.6. The van der Waals surface area contributed by atoms with Gasteiger partial charge in [0.05, 0.1) is 5.02 Å². The molecule has 1 aliphatic rings. The number of thiocarbonyl (C=S) groups is 1. The maximum Gasteiger partial charge on any atom is 0.293 e. The highest BCUT2D eigenvalue weighted by atomic mass is 35.5. The summed E-state index contributed by atoms with van der Waals surface area (Å²) >= 11 is 17.6. The molecule has 4 rings (SSSR count). The lowest BCUT2D eigenvalue weighted by Crippen LogP contribution is -2.51. The topological polar surface area (TPSA) is 77.8 Å². The smallest absolute Gasteiger partial charge is 0.293 e. The summed E-state index contributed by atoms with van der Waals surface area (Å²) in [5.74, 6) is 0.216. The van der Waals surface area contributed by atoms with Gasteiger partial charge in [-0.1, -0.05) is 44.0 Å². The van der Waals surface area contributed by atoms with Crippen LogP contribution in [0, 0.1) is 5.41 Å². The molecule has 0 spiro atoms. The third-order valence-electron chi connectivity index (χ3n) is 5.95. The van der Waals surface area contributed by atoms with Gasteiger partial charge < -0.3 is 19.5 Å². The molecule has 2 amide bonds. The number of benzene rings is 2. The SMILES string of the molecule is CC(C)(C)C(=O)N1CCN(c2ccc(NC(=S)NC(=O)c3ccc(-c4cc(Cl)ccc4Cl)o3)cc2)CC1. The van der Waals surface area contributed by atoms with E-state index in [2.05, 4.69) is 15.5 Å². The van der Waals surface area contributed by atoms with Crippen LogP contribution in [-0.2, 0) is 4.79 Å². The molecule has 0 saturated carbocycles. The zero-order valence-electron chi connectivity index (χ0n) is 20.8. The fraction of sp³-hybridized carbons (Fsp3) is 0.296. The Hall–Kier alpha value is -3.07. The van der Waals surface area contributed by atoms with Crippen molar-refractivity contribution in [3.8, 4) is 11.3 Å². The van der Waals surface area contributed by atoms with E-state index in [1.807, 2.05) is 49.9 Å². The van der Waals surface area contributed by atoms with Crippen molar-refractivity contribution < 1.29 is 14.0 Å². The van der Waals surface area contributed by atoms with E-state index in [9.17, 15) is 9.59 Å². The molecule has 1 saturated heterocycles. The standard InChI is InChI=1S/C27H28Cl2N4O3S/c1-27(2,3)25(35)33-14-12-32(13-15-33)19-7-5-18(6-8-19)30-26(37)31-24(34)23-11-10-22(36-23)20-16-17(28)4-9-21(20)29/h4-11,16H,12-15H2,1-3H3,(H2,30,31,34,37). The molecule has 2 aromatic carbocycles. The Morgan fingerprint density at radius 2 is 1.62 bits per heavy atom. The average Bonchev–Trinajstić information content (AvgIpc) is 3.35. The number of piperazine rings is 1. The number of nitrogens with one attached hydrogen (secondary N) is 2. The van der Waals surface area contributed by atoms with Crippen molar-refractivity contribution in [3.05, 3.63) is 70.4 Å². The summed E-state index contributed by atoms with van der Waals surface area (Å²) in [4.78, 5) is 29.3. The Balaban J connectivity index is 1.30. The van der Waals surface area contributed by atoms with Crippen molar-refractivity contribution in [2.75, 3.05) is 36.4 Å². The van der Waals surface area contributed by atoms with Crippen LogP contribution in [0.5, 0.6) is 0 Å². The predicted molar refractivity (Wildman–Crippen MR) is 153 cm³/mol. The number of carbonyl (C=O) groups excluding carboxylic acids is 2. The summed E-state index contributed by atoms with van der Waals surface area (Å²) in [6.07, 6.45) is 0. The van der Waals surface area contributed by atoms with E-state index < -0.39 is 5.91 Å². The lowest BCUT2D eigenvalue weighted by atomic mass is 9.94. The second-order valence-electron chi connectivity index (χ2n) is 9.77. The van der Waals surface area contributed by atoms with Crippen molar-refractivity contribution in [1.29, 1.82) is 0 Å². The fourth-order valence-corrected chi connectivity index (χ4v) is 4.61. The fourth-order valence-electron chi connectivity index (χ4n) is 4.02. The van der Waals surface area contributed by atoms with Gasteiger partial charge in [-0.05, 0) is 66.8 Å². The number of furan rings is 1. The molecule has 0 bridgehead atoms. The summed E-state index contributed by atoms with van der Waals surface area (Å²) < 4.78 is 5.67. The Morgan fingerprint density at radius 1 is 0.946 bits per heavy atom.